The first-order valence-corrected chi connectivity index (χ1v) is 7.21. The van der Waals surface area contributed by atoms with Crippen molar-refractivity contribution in [1.82, 2.24) is 0 Å². The van der Waals surface area contributed by atoms with E-state index in [0.717, 1.165) is 16.5 Å². The van der Waals surface area contributed by atoms with E-state index < -0.39 is 6.04 Å². The number of methoxy groups -OCH3 is 1. The van der Waals surface area contributed by atoms with Crippen molar-refractivity contribution < 1.29 is 14.3 Å². The summed E-state index contributed by atoms with van der Waals surface area (Å²) in [5.74, 6) is 0.495. The Labute approximate surface area is 126 Å². The summed E-state index contributed by atoms with van der Waals surface area (Å²) >= 11 is 3.44. The summed E-state index contributed by atoms with van der Waals surface area (Å²) in [6, 6.07) is 3.02. The van der Waals surface area contributed by atoms with Crippen molar-refractivity contribution in [2.24, 2.45) is 5.73 Å². The van der Waals surface area contributed by atoms with Crippen molar-refractivity contribution in [3.8, 4) is 5.75 Å². The summed E-state index contributed by atoms with van der Waals surface area (Å²) in [6.07, 6.45) is 0.763. The number of hydrogen-bond donors (Lipinski definition) is 2. The van der Waals surface area contributed by atoms with E-state index in [4.69, 9.17) is 15.2 Å². The summed E-state index contributed by atoms with van der Waals surface area (Å²) in [6.45, 7) is 4.54. The first kappa shape index (κ1) is 15.3. The van der Waals surface area contributed by atoms with Crippen molar-refractivity contribution >= 4 is 27.5 Å². The maximum absolute atomic E-state index is 11.5. The molecule has 0 aliphatic carbocycles. The molecule has 3 N–H and O–H groups in total. The molecular weight excluding hydrogens is 324 g/mol. The minimum absolute atomic E-state index is 0.190. The third-order valence-electron chi connectivity index (χ3n) is 3.49. The van der Waals surface area contributed by atoms with E-state index >= 15 is 0 Å². The minimum atomic E-state index is -0.609. The van der Waals surface area contributed by atoms with Gasteiger partial charge in [-0.1, -0.05) is 0 Å². The maximum Gasteiger partial charge on any atom is 0.245 e. The third kappa shape index (κ3) is 3.13. The Morgan fingerprint density at radius 1 is 1.45 bits per heavy atom. The van der Waals surface area contributed by atoms with Gasteiger partial charge >= 0.3 is 0 Å². The molecule has 1 aliphatic rings. The van der Waals surface area contributed by atoms with Crippen LogP contribution in [0.15, 0.2) is 16.6 Å². The van der Waals surface area contributed by atoms with Crippen molar-refractivity contribution in [1.29, 1.82) is 0 Å². The first-order chi connectivity index (χ1) is 9.34. The molecule has 1 unspecified atom stereocenters. The van der Waals surface area contributed by atoms with Gasteiger partial charge in [0.05, 0.1) is 16.7 Å². The molecule has 2 rings (SSSR count). The number of carbonyl (C=O) groups is 1. The molecule has 0 aromatic heterocycles. The largest absolute Gasteiger partial charge is 0.492 e. The molecule has 1 aliphatic heterocycles. The van der Waals surface area contributed by atoms with Gasteiger partial charge < -0.3 is 20.5 Å². The molecule has 0 saturated carbocycles. The number of hydrogen-bond acceptors (Lipinski definition) is 4. The minimum Gasteiger partial charge on any atom is -0.492 e. The molecule has 1 atom stereocenters. The SMILES string of the molecule is COC(C)(C)CCOc1cc2c(cc1Br)C(N)C(=O)N2. The van der Waals surface area contributed by atoms with Gasteiger partial charge in [0.2, 0.25) is 5.91 Å². The number of halogens is 1. The van der Waals surface area contributed by atoms with E-state index in [0.29, 0.717) is 18.0 Å². The number of benzene rings is 1. The van der Waals surface area contributed by atoms with Gasteiger partial charge in [-0.3, -0.25) is 4.79 Å². The molecule has 0 saturated heterocycles. The number of nitrogens with two attached hydrogens (primary N) is 1. The molecule has 1 aromatic carbocycles. The zero-order valence-corrected chi connectivity index (χ0v) is 13.4. The van der Waals surface area contributed by atoms with Crippen molar-refractivity contribution in [3.05, 3.63) is 22.2 Å². The van der Waals surface area contributed by atoms with Gasteiger partial charge in [-0.15, -0.1) is 0 Å². The summed E-state index contributed by atoms with van der Waals surface area (Å²) in [4.78, 5) is 11.5. The number of nitrogens with one attached hydrogen (secondary N) is 1. The molecule has 1 aromatic rings. The third-order valence-corrected chi connectivity index (χ3v) is 4.11. The van der Waals surface area contributed by atoms with Gasteiger partial charge in [0.25, 0.3) is 0 Å². The topological polar surface area (TPSA) is 73.6 Å². The Kier molecular flexibility index (Phi) is 4.36. The Hall–Kier alpha value is -1.11. The molecule has 1 amide bonds. The van der Waals surface area contributed by atoms with E-state index in [9.17, 15) is 4.79 Å². The Balaban J connectivity index is 2.08. The summed E-state index contributed by atoms with van der Waals surface area (Å²) in [5, 5.41) is 2.74. The van der Waals surface area contributed by atoms with Crippen LogP contribution in [0.25, 0.3) is 0 Å². The standard InChI is InChI=1S/C14H19BrN2O3/c1-14(2,19-3)4-5-20-11-7-10-8(6-9(11)15)12(16)13(18)17-10/h6-7,12H,4-5,16H2,1-3H3,(H,17,18). The van der Waals surface area contributed by atoms with Gasteiger partial charge in [-0.05, 0) is 35.8 Å². The monoisotopic (exact) mass is 342 g/mol. The zero-order valence-electron chi connectivity index (χ0n) is 11.8. The summed E-state index contributed by atoms with van der Waals surface area (Å²) < 4.78 is 11.9. The molecule has 5 nitrogen and oxygen atoms in total. The molecule has 1 heterocycles. The van der Waals surface area contributed by atoms with Crippen LogP contribution >= 0.6 is 15.9 Å². The van der Waals surface area contributed by atoms with Crippen LogP contribution in [-0.4, -0.2) is 25.2 Å². The van der Waals surface area contributed by atoms with Crippen molar-refractivity contribution in [3.63, 3.8) is 0 Å². The second-order valence-corrected chi connectivity index (χ2v) is 6.25. The van der Waals surface area contributed by atoms with Crippen molar-refractivity contribution in [2.75, 3.05) is 19.0 Å². The van der Waals surface area contributed by atoms with E-state index in [-0.39, 0.29) is 11.5 Å². The van der Waals surface area contributed by atoms with Gasteiger partial charge in [0.1, 0.15) is 11.8 Å². The lowest BCUT2D eigenvalue weighted by Crippen LogP contribution is -2.25. The first-order valence-electron chi connectivity index (χ1n) is 6.42. The highest BCUT2D eigenvalue weighted by Gasteiger charge is 2.28. The molecule has 6 heteroatoms. The van der Waals surface area contributed by atoms with Gasteiger partial charge in [0.15, 0.2) is 0 Å². The highest BCUT2D eigenvalue weighted by Crippen LogP contribution is 2.37. The lowest BCUT2D eigenvalue weighted by Gasteiger charge is -2.23. The normalized spacial score (nSPS) is 17.9. The Morgan fingerprint density at radius 2 is 2.15 bits per heavy atom. The number of ether oxygens (including phenoxy) is 2. The smallest absolute Gasteiger partial charge is 0.245 e. The second-order valence-electron chi connectivity index (χ2n) is 5.40. The van der Waals surface area contributed by atoms with Crippen LogP contribution in [-0.2, 0) is 9.53 Å². The average Bonchev–Trinajstić information content (AvgIpc) is 2.66. The van der Waals surface area contributed by atoms with Gasteiger partial charge in [-0.2, -0.15) is 0 Å². The summed E-state index contributed by atoms with van der Waals surface area (Å²) in [5.41, 5.74) is 7.07. The molecule has 0 spiro atoms. The van der Waals surface area contributed by atoms with Crippen LogP contribution in [0.4, 0.5) is 5.69 Å². The van der Waals surface area contributed by atoms with E-state index in [2.05, 4.69) is 21.2 Å². The molecule has 110 valence electrons. The number of rotatable bonds is 5. The molecular formula is C14H19BrN2O3. The fraction of sp³-hybridized carbons (Fsp3) is 0.500. The quantitative estimate of drug-likeness (QED) is 0.862. The highest BCUT2D eigenvalue weighted by atomic mass is 79.9. The van der Waals surface area contributed by atoms with Crippen LogP contribution in [0.1, 0.15) is 31.9 Å². The molecule has 0 bridgehead atoms. The predicted octanol–water partition coefficient (Wildman–Crippen LogP) is 2.59. The maximum atomic E-state index is 11.5. The fourth-order valence-electron chi connectivity index (χ4n) is 1.91. The van der Waals surface area contributed by atoms with Crippen LogP contribution in [0.3, 0.4) is 0 Å². The number of anilines is 1. The average molecular weight is 343 g/mol. The molecule has 0 radical (unpaired) electrons. The van der Waals surface area contributed by atoms with Crippen molar-refractivity contribution in [2.45, 2.75) is 31.9 Å². The van der Waals surface area contributed by atoms with Gasteiger partial charge in [0, 0.05) is 30.8 Å². The summed E-state index contributed by atoms with van der Waals surface area (Å²) in [7, 11) is 1.68. The van der Waals surface area contributed by atoms with Crippen LogP contribution in [0.2, 0.25) is 0 Å². The van der Waals surface area contributed by atoms with E-state index in [1.54, 1.807) is 13.2 Å². The molecule has 0 fully saturated rings. The van der Waals surface area contributed by atoms with E-state index in [1.165, 1.54) is 0 Å². The lowest BCUT2D eigenvalue weighted by molar-refractivity contribution is -0.116. The van der Waals surface area contributed by atoms with Gasteiger partial charge in [-0.25, -0.2) is 0 Å². The second kappa shape index (κ2) is 5.71. The highest BCUT2D eigenvalue weighted by molar-refractivity contribution is 9.10. The zero-order chi connectivity index (χ0) is 14.9. The van der Waals surface area contributed by atoms with Crippen LogP contribution < -0.4 is 15.8 Å². The molecule has 20 heavy (non-hydrogen) atoms. The Morgan fingerprint density at radius 3 is 2.80 bits per heavy atom. The number of fused-ring (bicyclic) bond motifs is 1. The van der Waals surface area contributed by atoms with E-state index in [1.807, 2.05) is 19.9 Å². The Bertz CT molecular complexity index is 531. The number of amides is 1. The van der Waals surface area contributed by atoms with Crippen LogP contribution in [0, 0.1) is 0 Å². The predicted molar refractivity (Wildman–Crippen MR) is 80.9 cm³/mol. The van der Waals surface area contributed by atoms with Crippen LogP contribution in [0.5, 0.6) is 5.75 Å². The number of carbonyl (C=O) groups excluding carboxylic acids is 1. The fourth-order valence-corrected chi connectivity index (χ4v) is 2.38. The lowest BCUT2D eigenvalue weighted by atomic mass is 10.1.